The van der Waals surface area contributed by atoms with Crippen molar-refractivity contribution in [3.8, 4) is 0 Å². The van der Waals surface area contributed by atoms with Gasteiger partial charge in [0.15, 0.2) is 5.13 Å². The summed E-state index contributed by atoms with van der Waals surface area (Å²) >= 11 is 1.56. The summed E-state index contributed by atoms with van der Waals surface area (Å²) in [6.07, 6.45) is 3.85. The van der Waals surface area contributed by atoms with Gasteiger partial charge in [-0.15, -0.1) is 11.3 Å². The van der Waals surface area contributed by atoms with Crippen molar-refractivity contribution in [1.29, 1.82) is 0 Å². The maximum absolute atomic E-state index is 12.0. The highest BCUT2D eigenvalue weighted by Gasteiger charge is 2.18. The van der Waals surface area contributed by atoms with Crippen molar-refractivity contribution in [2.45, 2.75) is 46.0 Å². The highest BCUT2D eigenvalue weighted by molar-refractivity contribution is 7.15. The number of nitrogens with one attached hydrogen (secondary N) is 2. The molecule has 2 N–H and O–H groups in total. The Bertz CT molecular complexity index is 757. The minimum Gasteiger partial charge on any atom is -0.311 e. The predicted molar refractivity (Wildman–Crippen MR) is 85.4 cm³/mol. The summed E-state index contributed by atoms with van der Waals surface area (Å²) in [4.78, 5) is 36.5. The zero-order chi connectivity index (χ0) is 15.7. The number of nitrogens with zero attached hydrogens (tertiary/aromatic N) is 2. The van der Waals surface area contributed by atoms with E-state index in [-0.39, 0.29) is 17.9 Å². The SMILES string of the molecule is Cc1nc(C)c(CCC(=O)Nc2nc3c(s2)CCC3)c(=O)[nH]1. The molecule has 3 rings (SSSR count). The molecule has 2 heterocycles. The number of aromatic nitrogens is 3. The van der Waals surface area contributed by atoms with E-state index in [9.17, 15) is 9.59 Å². The molecule has 0 bridgehead atoms. The molecule has 1 aliphatic rings. The topological polar surface area (TPSA) is 87.7 Å². The highest BCUT2D eigenvalue weighted by atomic mass is 32.1. The fourth-order valence-corrected chi connectivity index (χ4v) is 3.78. The van der Waals surface area contributed by atoms with E-state index in [1.54, 1.807) is 25.2 Å². The molecule has 22 heavy (non-hydrogen) atoms. The van der Waals surface area contributed by atoms with Crippen LogP contribution in [0.2, 0.25) is 0 Å². The first kappa shape index (κ1) is 14.9. The van der Waals surface area contributed by atoms with E-state index in [2.05, 4.69) is 20.3 Å². The van der Waals surface area contributed by atoms with Crippen LogP contribution < -0.4 is 10.9 Å². The molecular formula is C15H18N4O2S. The van der Waals surface area contributed by atoms with Crippen LogP contribution in [0, 0.1) is 13.8 Å². The van der Waals surface area contributed by atoms with Crippen LogP contribution in [-0.4, -0.2) is 20.9 Å². The van der Waals surface area contributed by atoms with Crippen molar-refractivity contribution >= 4 is 22.4 Å². The second-order valence-corrected chi connectivity index (χ2v) is 6.59. The summed E-state index contributed by atoms with van der Waals surface area (Å²) in [6.45, 7) is 3.54. The second kappa shape index (κ2) is 6.00. The maximum Gasteiger partial charge on any atom is 0.254 e. The zero-order valence-corrected chi connectivity index (χ0v) is 13.5. The van der Waals surface area contributed by atoms with Crippen molar-refractivity contribution in [2.24, 2.45) is 0 Å². The molecule has 2 aromatic rings. The van der Waals surface area contributed by atoms with Crippen LogP contribution in [0.4, 0.5) is 5.13 Å². The number of H-pyrrole nitrogens is 1. The number of hydrogen-bond acceptors (Lipinski definition) is 5. The smallest absolute Gasteiger partial charge is 0.254 e. The molecule has 0 saturated carbocycles. The van der Waals surface area contributed by atoms with Gasteiger partial charge < -0.3 is 10.3 Å². The number of amides is 1. The van der Waals surface area contributed by atoms with Gasteiger partial charge in [0.25, 0.3) is 5.56 Å². The van der Waals surface area contributed by atoms with Crippen LogP contribution in [0.5, 0.6) is 0 Å². The van der Waals surface area contributed by atoms with Crippen molar-refractivity contribution in [3.63, 3.8) is 0 Å². The number of fused-ring (bicyclic) bond motifs is 1. The number of aromatic amines is 1. The average Bonchev–Trinajstić information content (AvgIpc) is 2.98. The predicted octanol–water partition coefficient (Wildman–Crippen LogP) is 1.90. The molecule has 0 spiro atoms. The second-order valence-electron chi connectivity index (χ2n) is 5.51. The lowest BCUT2D eigenvalue weighted by atomic mass is 10.1. The molecule has 0 aromatic carbocycles. The Morgan fingerprint density at radius 1 is 1.32 bits per heavy atom. The lowest BCUT2D eigenvalue weighted by Gasteiger charge is -2.05. The first-order valence-electron chi connectivity index (χ1n) is 7.38. The van der Waals surface area contributed by atoms with Crippen LogP contribution in [0.15, 0.2) is 4.79 Å². The first-order chi connectivity index (χ1) is 10.5. The van der Waals surface area contributed by atoms with Gasteiger partial charge >= 0.3 is 0 Å². The monoisotopic (exact) mass is 318 g/mol. The number of thiazole rings is 1. The van der Waals surface area contributed by atoms with E-state index in [1.807, 2.05) is 0 Å². The normalized spacial score (nSPS) is 13.2. The van der Waals surface area contributed by atoms with Gasteiger partial charge in [0, 0.05) is 22.6 Å². The summed E-state index contributed by atoms with van der Waals surface area (Å²) in [5, 5.41) is 3.50. The number of carbonyl (C=O) groups is 1. The van der Waals surface area contributed by atoms with Crippen molar-refractivity contribution in [3.05, 3.63) is 38.0 Å². The summed E-state index contributed by atoms with van der Waals surface area (Å²) in [5.41, 5.74) is 2.21. The third-order valence-corrected chi connectivity index (χ3v) is 4.86. The lowest BCUT2D eigenvalue weighted by molar-refractivity contribution is -0.116. The van der Waals surface area contributed by atoms with Gasteiger partial charge in [-0.3, -0.25) is 9.59 Å². The molecule has 0 saturated heterocycles. The summed E-state index contributed by atoms with van der Waals surface area (Å²) in [6, 6.07) is 0. The molecule has 0 fully saturated rings. The molecule has 1 aliphatic carbocycles. The van der Waals surface area contributed by atoms with Crippen LogP contribution >= 0.6 is 11.3 Å². The summed E-state index contributed by atoms with van der Waals surface area (Å²) in [5.74, 6) is 0.472. The molecule has 0 radical (unpaired) electrons. The van der Waals surface area contributed by atoms with Gasteiger partial charge in [0.05, 0.1) is 5.69 Å². The van der Waals surface area contributed by atoms with Crippen molar-refractivity contribution in [1.82, 2.24) is 15.0 Å². The zero-order valence-electron chi connectivity index (χ0n) is 12.7. The molecule has 7 heteroatoms. The van der Waals surface area contributed by atoms with Gasteiger partial charge in [0.2, 0.25) is 5.91 Å². The maximum atomic E-state index is 12.0. The van der Waals surface area contributed by atoms with Crippen LogP contribution in [0.25, 0.3) is 0 Å². The Labute approximate surface area is 132 Å². The Kier molecular flexibility index (Phi) is 4.06. The highest BCUT2D eigenvalue weighted by Crippen LogP contribution is 2.30. The molecule has 0 aliphatic heterocycles. The van der Waals surface area contributed by atoms with E-state index in [1.165, 1.54) is 4.88 Å². The quantitative estimate of drug-likeness (QED) is 0.901. The number of hydrogen-bond donors (Lipinski definition) is 2. The molecule has 116 valence electrons. The van der Waals surface area contributed by atoms with E-state index in [4.69, 9.17) is 0 Å². The van der Waals surface area contributed by atoms with Crippen LogP contribution in [-0.2, 0) is 24.1 Å². The van der Waals surface area contributed by atoms with Gasteiger partial charge in [-0.05, 0) is 39.5 Å². The minimum atomic E-state index is -0.161. The number of anilines is 1. The number of carbonyl (C=O) groups excluding carboxylic acids is 1. The van der Waals surface area contributed by atoms with Crippen LogP contribution in [0.1, 0.15) is 40.5 Å². The van der Waals surface area contributed by atoms with Gasteiger partial charge in [0.1, 0.15) is 5.82 Å². The molecule has 2 aromatic heterocycles. The van der Waals surface area contributed by atoms with Crippen molar-refractivity contribution < 1.29 is 4.79 Å². The fraction of sp³-hybridized carbons (Fsp3) is 0.467. The molecule has 0 unspecified atom stereocenters. The van der Waals surface area contributed by atoms with Gasteiger partial charge in [-0.2, -0.15) is 0 Å². The molecular weight excluding hydrogens is 300 g/mol. The Morgan fingerprint density at radius 3 is 2.86 bits per heavy atom. The summed E-state index contributed by atoms with van der Waals surface area (Å²) < 4.78 is 0. The lowest BCUT2D eigenvalue weighted by Crippen LogP contribution is -2.20. The number of rotatable bonds is 4. The largest absolute Gasteiger partial charge is 0.311 e. The van der Waals surface area contributed by atoms with Gasteiger partial charge in [-0.25, -0.2) is 9.97 Å². The third kappa shape index (κ3) is 3.09. The molecule has 6 nitrogen and oxygen atoms in total. The number of aryl methyl sites for hydroxylation is 4. The Balaban J connectivity index is 1.61. The van der Waals surface area contributed by atoms with E-state index in [0.717, 1.165) is 25.0 Å². The Morgan fingerprint density at radius 2 is 2.14 bits per heavy atom. The minimum absolute atomic E-state index is 0.119. The third-order valence-electron chi connectivity index (χ3n) is 3.78. The standard InChI is InChI=1S/C15H18N4O2S/c1-8-10(14(21)17-9(2)16-8)6-7-13(20)19-15-18-11-4-3-5-12(11)22-15/h3-7H2,1-2H3,(H,16,17,21)(H,18,19,20). The van der Waals surface area contributed by atoms with E-state index >= 15 is 0 Å². The van der Waals surface area contributed by atoms with Gasteiger partial charge in [-0.1, -0.05) is 0 Å². The van der Waals surface area contributed by atoms with E-state index in [0.29, 0.717) is 28.6 Å². The summed E-state index contributed by atoms with van der Waals surface area (Å²) in [7, 11) is 0. The first-order valence-corrected chi connectivity index (χ1v) is 8.19. The fourth-order valence-electron chi connectivity index (χ4n) is 2.71. The molecule has 0 atom stereocenters. The Hall–Kier alpha value is -2.02. The van der Waals surface area contributed by atoms with Crippen LogP contribution in [0.3, 0.4) is 0 Å². The average molecular weight is 318 g/mol. The van der Waals surface area contributed by atoms with E-state index < -0.39 is 0 Å². The molecule has 1 amide bonds. The van der Waals surface area contributed by atoms with Crippen molar-refractivity contribution in [2.75, 3.05) is 5.32 Å².